The van der Waals surface area contributed by atoms with Crippen LogP contribution in [0.2, 0.25) is 5.02 Å². The van der Waals surface area contributed by atoms with Crippen LogP contribution >= 0.6 is 11.6 Å². The molecule has 3 nitrogen and oxygen atoms in total. The van der Waals surface area contributed by atoms with Gasteiger partial charge < -0.3 is 15.2 Å². The number of halogens is 1. The van der Waals surface area contributed by atoms with E-state index in [-0.39, 0.29) is 5.54 Å². The van der Waals surface area contributed by atoms with Gasteiger partial charge >= 0.3 is 0 Å². The maximum atomic E-state index is 6.52. The number of benzene rings is 1. The summed E-state index contributed by atoms with van der Waals surface area (Å²) in [6, 6.07) is 2.00. The molecule has 0 unspecified atom stereocenters. The Labute approximate surface area is 120 Å². The maximum absolute atomic E-state index is 6.52. The van der Waals surface area contributed by atoms with Crippen molar-refractivity contribution in [3.8, 4) is 11.5 Å². The molecule has 2 rings (SSSR count). The molecule has 0 heterocycles. The van der Waals surface area contributed by atoms with Gasteiger partial charge in [0, 0.05) is 5.54 Å². The van der Waals surface area contributed by atoms with Gasteiger partial charge in [0.25, 0.3) is 0 Å². The Morgan fingerprint density at radius 2 is 1.89 bits per heavy atom. The second kappa shape index (κ2) is 5.22. The normalized spacial score (nSPS) is 17.2. The van der Waals surface area contributed by atoms with Crippen molar-refractivity contribution in [3.05, 3.63) is 22.2 Å². The summed E-state index contributed by atoms with van der Waals surface area (Å²) in [5.74, 6) is 1.55. The highest BCUT2D eigenvalue weighted by Gasteiger charge is 2.38. The standard InChI is InChI=1S/C15H22ClNO2/c1-9(2)12-10(15(17)6-5-7-15)8-11(18-3)14(19-4)13(12)16/h8-9H,5-7,17H2,1-4H3. The number of methoxy groups -OCH3 is 2. The molecule has 1 aromatic rings. The molecule has 0 bridgehead atoms. The Morgan fingerprint density at radius 3 is 2.26 bits per heavy atom. The van der Waals surface area contributed by atoms with E-state index in [9.17, 15) is 0 Å². The van der Waals surface area contributed by atoms with Crippen molar-refractivity contribution in [2.75, 3.05) is 14.2 Å². The van der Waals surface area contributed by atoms with Crippen LogP contribution in [0.25, 0.3) is 0 Å². The number of nitrogens with two attached hydrogens (primary N) is 1. The van der Waals surface area contributed by atoms with E-state index < -0.39 is 0 Å². The minimum Gasteiger partial charge on any atom is -0.493 e. The molecular formula is C15H22ClNO2. The molecule has 0 aliphatic heterocycles. The highest BCUT2D eigenvalue weighted by molar-refractivity contribution is 6.33. The summed E-state index contributed by atoms with van der Waals surface area (Å²) in [4.78, 5) is 0. The van der Waals surface area contributed by atoms with Crippen molar-refractivity contribution >= 4 is 11.6 Å². The lowest BCUT2D eigenvalue weighted by Crippen LogP contribution is -2.44. The second-order valence-corrected chi connectivity index (χ2v) is 5.93. The van der Waals surface area contributed by atoms with E-state index in [2.05, 4.69) is 13.8 Å². The summed E-state index contributed by atoms with van der Waals surface area (Å²) in [5.41, 5.74) is 8.42. The molecule has 1 aliphatic rings. The zero-order valence-electron chi connectivity index (χ0n) is 12.0. The minimum atomic E-state index is -0.261. The summed E-state index contributed by atoms with van der Waals surface area (Å²) >= 11 is 6.52. The Morgan fingerprint density at radius 1 is 1.26 bits per heavy atom. The Balaban J connectivity index is 2.67. The van der Waals surface area contributed by atoms with Gasteiger partial charge in [0.15, 0.2) is 11.5 Å². The van der Waals surface area contributed by atoms with Crippen LogP contribution in [0.5, 0.6) is 11.5 Å². The largest absolute Gasteiger partial charge is 0.493 e. The molecule has 19 heavy (non-hydrogen) atoms. The minimum absolute atomic E-state index is 0.261. The van der Waals surface area contributed by atoms with Crippen molar-refractivity contribution in [1.29, 1.82) is 0 Å². The molecule has 1 saturated carbocycles. The van der Waals surface area contributed by atoms with Crippen LogP contribution < -0.4 is 15.2 Å². The van der Waals surface area contributed by atoms with E-state index in [1.165, 1.54) is 6.42 Å². The molecule has 0 aromatic heterocycles. The molecule has 0 spiro atoms. The SMILES string of the molecule is COc1cc(C2(N)CCC2)c(C(C)C)c(Cl)c1OC. The fourth-order valence-electron chi connectivity index (χ4n) is 2.77. The van der Waals surface area contributed by atoms with Gasteiger partial charge in [-0.3, -0.25) is 0 Å². The van der Waals surface area contributed by atoms with Crippen LogP contribution in [-0.2, 0) is 5.54 Å². The third-order valence-electron chi connectivity index (χ3n) is 4.01. The fourth-order valence-corrected chi connectivity index (χ4v) is 3.26. The molecule has 106 valence electrons. The molecule has 4 heteroatoms. The average molecular weight is 284 g/mol. The smallest absolute Gasteiger partial charge is 0.179 e. The molecule has 0 amide bonds. The van der Waals surface area contributed by atoms with Gasteiger partial charge in [-0.05, 0) is 42.4 Å². The molecular weight excluding hydrogens is 262 g/mol. The first-order chi connectivity index (χ1) is 8.94. The van der Waals surface area contributed by atoms with Gasteiger partial charge in [-0.1, -0.05) is 25.4 Å². The lowest BCUT2D eigenvalue weighted by molar-refractivity contribution is 0.249. The van der Waals surface area contributed by atoms with E-state index in [1.807, 2.05) is 6.07 Å². The molecule has 1 aromatic carbocycles. The topological polar surface area (TPSA) is 44.5 Å². The molecule has 2 N–H and O–H groups in total. The van der Waals surface area contributed by atoms with E-state index in [0.29, 0.717) is 22.4 Å². The first-order valence-electron chi connectivity index (χ1n) is 6.68. The second-order valence-electron chi connectivity index (χ2n) is 5.55. The van der Waals surface area contributed by atoms with Gasteiger partial charge in [0.2, 0.25) is 0 Å². The number of hydrogen-bond acceptors (Lipinski definition) is 3. The van der Waals surface area contributed by atoms with Gasteiger partial charge in [0.05, 0.1) is 19.2 Å². The van der Waals surface area contributed by atoms with E-state index in [4.69, 9.17) is 26.8 Å². The van der Waals surface area contributed by atoms with Gasteiger partial charge in [-0.2, -0.15) is 0 Å². The first kappa shape index (κ1) is 14.5. The van der Waals surface area contributed by atoms with Crippen LogP contribution in [-0.4, -0.2) is 14.2 Å². The van der Waals surface area contributed by atoms with Crippen molar-refractivity contribution in [2.45, 2.75) is 44.6 Å². The van der Waals surface area contributed by atoms with Gasteiger partial charge in [-0.25, -0.2) is 0 Å². The molecule has 0 radical (unpaired) electrons. The number of ether oxygens (including phenoxy) is 2. The molecule has 0 saturated heterocycles. The van der Waals surface area contributed by atoms with Crippen LogP contribution in [0.4, 0.5) is 0 Å². The monoisotopic (exact) mass is 283 g/mol. The summed E-state index contributed by atoms with van der Waals surface area (Å²) in [7, 11) is 3.23. The van der Waals surface area contributed by atoms with Crippen LogP contribution in [0.1, 0.15) is 50.2 Å². The van der Waals surface area contributed by atoms with Gasteiger partial charge in [-0.15, -0.1) is 0 Å². The zero-order chi connectivity index (χ0) is 14.2. The highest BCUT2D eigenvalue weighted by atomic mass is 35.5. The quantitative estimate of drug-likeness (QED) is 0.914. The Bertz CT molecular complexity index is 482. The number of rotatable bonds is 4. The van der Waals surface area contributed by atoms with Crippen molar-refractivity contribution in [2.24, 2.45) is 5.73 Å². The predicted octanol–water partition coefficient (Wildman–Crippen LogP) is 3.82. The van der Waals surface area contributed by atoms with E-state index in [1.54, 1.807) is 14.2 Å². The van der Waals surface area contributed by atoms with E-state index in [0.717, 1.165) is 24.0 Å². The molecule has 1 fully saturated rings. The Kier molecular flexibility index (Phi) is 3.98. The maximum Gasteiger partial charge on any atom is 0.179 e. The third kappa shape index (κ3) is 2.30. The van der Waals surface area contributed by atoms with Gasteiger partial charge in [0.1, 0.15) is 0 Å². The average Bonchev–Trinajstić information content (AvgIpc) is 2.34. The first-order valence-corrected chi connectivity index (χ1v) is 7.06. The lowest BCUT2D eigenvalue weighted by Gasteiger charge is -2.41. The molecule has 0 atom stereocenters. The van der Waals surface area contributed by atoms with E-state index >= 15 is 0 Å². The van der Waals surface area contributed by atoms with Crippen LogP contribution in [0.15, 0.2) is 6.07 Å². The summed E-state index contributed by atoms with van der Waals surface area (Å²) in [5, 5.41) is 0.628. The highest BCUT2D eigenvalue weighted by Crippen LogP contribution is 2.49. The summed E-state index contributed by atoms with van der Waals surface area (Å²) in [6.07, 6.45) is 3.16. The number of hydrogen-bond donors (Lipinski definition) is 1. The summed E-state index contributed by atoms with van der Waals surface area (Å²) < 4.78 is 10.8. The fraction of sp³-hybridized carbons (Fsp3) is 0.600. The lowest BCUT2D eigenvalue weighted by atomic mass is 9.70. The Hall–Kier alpha value is -0.930. The predicted molar refractivity (Wildman–Crippen MR) is 78.4 cm³/mol. The summed E-state index contributed by atoms with van der Waals surface area (Å²) in [6.45, 7) is 4.25. The third-order valence-corrected chi connectivity index (χ3v) is 4.38. The van der Waals surface area contributed by atoms with Crippen LogP contribution in [0, 0.1) is 0 Å². The van der Waals surface area contributed by atoms with Crippen molar-refractivity contribution in [3.63, 3.8) is 0 Å². The van der Waals surface area contributed by atoms with Crippen molar-refractivity contribution < 1.29 is 9.47 Å². The zero-order valence-corrected chi connectivity index (χ0v) is 12.8. The van der Waals surface area contributed by atoms with Crippen molar-refractivity contribution in [1.82, 2.24) is 0 Å². The molecule has 1 aliphatic carbocycles. The van der Waals surface area contributed by atoms with Crippen LogP contribution in [0.3, 0.4) is 0 Å².